The van der Waals surface area contributed by atoms with Crippen LogP contribution in [0.25, 0.3) is 0 Å². The van der Waals surface area contributed by atoms with Crippen molar-refractivity contribution in [1.29, 1.82) is 0 Å². The zero-order chi connectivity index (χ0) is 12.0. The van der Waals surface area contributed by atoms with Crippen molar-refractivity contribution in [3.05, 3.63) is 24.3 Å². The highest BCUT2D eigenvalue weighted by atomic mass is 32.2. The van der Waals surface area contributed by atoms with E-state index in [1.54, 1.807) is 11.8 Å². The first-order chi connectivity index (χ1) is 7.71. The number of ether oxygens (including phenoxy) is 1. The molecule has 1 unspecified atom stereocenters. The summed E-state index contributed by atoms with van der Waals surface area (Å²) in [6.07, 6.45) is 2.05. The van der Waals surface area contributed by atoms with E-state index < -0.39 is 6.10 Å². The summed E-state index contributed by atoms with van der Waals surface area (Å²) in [6, 6.07) is 7.59. The summed E-state index contributed by atoms with van der Waals surface area (Å²) in [6.45, 7) is 1.87. The Hall–Kier alpha value is -1.20. The number of rotatable bonds is 5. The summed E-state index contributed by atoms with van der Waals surface area (Å²) in [4.78, 5) is 12.5. The average Bonchev–Trinajstić information content (AvgIpc) is 2.35. The molecule has 0 saturated carbocycles. The van der Waals surface area contributed by atoms with Gasteiger partial charge >= 0.3 is 0 Å². The summed E-state index contributed by atoms with van der Waals surface area (Å²) in [5.74, 6) is 5.43. The third-order valence-corrected chi connectivity index (χ3v) is 2.89. The van der Waals surface area contributed by atoms with Crippen LogP contribution in [0.15, 0.2) is 29.2 Å². The van der Waals surface area contributed by atoms with Gasteiger partial charge < -0.3 is 4.74 Å². The molecule has 1 rings (SSSR count). The van der Waals surface area contributed by atoms with Crippen LogP contribution < -0.4 is 16.0 Å². The maximum Gasteiger partial charge on any atom is 0.274 e. The van der Waals surface area contributed by atoms with E-state index in [0.717, 1.165) is 4.90 Å². The van der Waals surface area contributed by atoms with Gasteiger partial charge in [-0.3, -0.25) is 10.2 Å². The molecule has 1 atom stereocenters. The zero-order valence-electron chi connectivity index (χ0n) is 9.40. The lowest BCUT2D eigenvalue weighted by atomic mass is 10.2. The van der Waals surface area contributed by atoms with Gasteiger partial charge in [-0.2, -0.15) is 0 Å². The van der Waals surface area contributed by atoms with Crippen LogP contribution in [0, 0.1) is 0 Å². The molecule has 0 radical (unpaired) electrons. The topological polar surface area (TPSA) is 64.3 Å². The number of carbonyl (C=O) groups excluding carboxylic acids is 1. The second-order valence-corrected chi connectivity index (χ2v) is 4.08. The molecule has 1 amide bonds. The van der Waals surface area contributed by atoms with Gasteiger partial charge in [0.05, 0.1) is 0 Å². The van der Waals surface area contributed by atoms with E-state index in [9.17, 15) is 4.79 Å². The summed E-state index contributed by atoms with van der Waals surface area (Å²) < 4.78 is 5.51. The summed E-state index contributed by atoms with van der Waals surface area (Å²) in [7, 11) is 0. The smallest absolute Gasteiger partial charge is 0.274 e. The van der Waals surface area contributed by atoms with Crippen molar-refractivity contribution in [2.75, 3.05) is 6.26 Å². The van der Waals surface area contributed by atoms with Crippen molar-refractivity contribution in [1.82, 2.24) is 5.43 Å². The van der Waals surface area contributed by atoms with Gasteiger partial charge in [-0.15, -0.1) is 11.8 Å². The monoisotopic (exact) mass is 240 g/mol. The van der Waals surface area contributed by atoms with Crippen molar-refractivity contribution < 1.29 is 9.53 Å². The minimum absolute atomic E-state index is 0.309. The molecule has 4 nitrogen and oxygen atoms in total. The molecule has 0 aliphatic rings. The molecule has 0 fully saturated rings. The van der Waals surface area contributed by atoms with Crippen LogP contribution in [-0.2, 0) is 4.79 Å². The van der Waals surface area contributed by atoms with E-state index in [1.807, 2.05) is 37.4 Å². The van der Waals surface area contributed by atoms with Crippen molar-refractivity contribution in [3.8, 4) is 5.75 Å². The third-order valence-electron chi connectivity index (χ3n) is 2.14. The molecule has 0 bridgehead atoms. The molecular formula is C11H16N2O2S. The first-order valence-corrected chi connectivity index (χ1v) is 6.25. The van der Waals surface area contributed by atoms with Crippen LogP contribution in [0.1, 0.15) is 13.3 Å². The Morgan fingerprint density at radius 1 is 1.50 bits per heavy atom. The number of hydrogen-bond acceptors (Lipinski definition) is 4. The number of nitrogens with two attached hydrogens (primary N) is 1. The largest absolute Gasteiger partial charge is 0.481 e. The summed E-state index contributed by atoms with van der Waals surface area (Å²) >= 11 is 1.66. The molecular weight excluding hydrogens is 224 g/mol. The Labute approximate surface area is 99.5 Å². The van der Waals surface area contributed by atoms with Crippen LogP contribution in [0.4, 0.5) is 0 Å². The van der Waals surface area contributed by atoms with E-state index in [2.05, 4.69) is 5.43 Å². The van der Waals surface area contributed by atoms with Gasteiger partial charge in [0.2, 0.25) is 0 Å². The van der Waals surface area contributed by atoms with Gasteiger partial charge in [0.15, 0.2) is 6.10 Å². The molecule has 1 aromatic rings. The molecule has 3 N–H and O–H groups in total. The fourth-order valence-corrected chi connectivity index (χ4v) is 1.64. The van der Waals surface area contributed by atoms with Gasteiger partial charge in [0.1, 0.15) is 5.75 Å². The van der Waals surface area contributed by atoms with E-state index in [-0.39, 0.29) is 5.91 Å². The van der Waals surface area contributed by atoms with Crippen LogP contribution in [-0.4, -0.2) is 18.3 Å². The maximum absolute atomic E-state index is 11.3. The third kappa shape index (κ3) is 3.43. The number of benzene rings is 1. The Kier molecular flexibility index (Phi) is 5.14. The Morgan fingerprint density at radius 2 is 2.12 bits per heavy atom. The fraction of sp³-hybridized carbons (Fsp3) is 0.364. The number of thioether (sulfide) groups is 1. The second kappa shape index (κ2) is 6.40. The van der Waals surface area contributed by atoms with E-state index in [1.165, 1.54) is 0 Å². The molecule has 1 aromatic carbocycles. The summed E-state index contributed by atoms with van der Waals surface area (Å²) in [5.41, 5.74) is 2.09. The van der Waals surface area contributed by atoms with Gasteiger partial charge in [-0.1, -0.05) is 6.92 Å². The minimum atomic E-state index is -0.537. The fourth-order valence-electron chi connectivity index (χ4n) is 1.23. The Balaban J connectivity index is 2.66. The number of carbonyl (C=O) groups is 1. The molecule has 0 saturated heterocycles. The molecule has 0 aliphatic carbocycles. The molecule has 0 spiro atoms. The Bertz CT molecular complexity index is 340. The van der Waals surface area contributed by atoms with Gasteiger partial charge in [-0.25, -0.2) is 5.84 Å². The Morgan fingerprint density at radius 3 is 2.56 bits per heavy atom. The van der Waals surface area contributed by atoms with Gasteiger partial charge in [0.25, 0.3) is 5.91 Å². The second-order valence-electron chi connectivity index (χ2n) is 3.20. The molecule has 0 heterocycles. The lowest BCUT2D eigenvalue weighted by Crippen LogP contribution is -2.41. The normalized spacial score (nSPS) is 11.9. The van der Waals surface area contributed by atoms with Crippen molar-refractivity contribution in [2.24, 2.45) is 5.84 Å². The van der Waals surface area contributed by atoms with E-state index in [4.69, 9.17) is 10.6 Å². The SMILES string of the molecule is CCC(Oc1ccc(SC)cc1)C(=O)NN. The lowest BCUT2D eigenvalue weighted by molar-refractivity contribution is -0.128. The van der Waals surface area contributed by atoms with Crippen LogP contribution >= 0.6 is 11.8 Å². The number of hydrogen-bond donors (Lipinski definition) is 2. The summed E-state index contributed by atoms with van der Waals surface area (Å²) in [5, 5.41) is 0. The standard InChI is InChI=1S/C11H16N2O2S/c1-3-10(11(14)13-12)15-8-4-6-9(16-2)7-5-8/h4-7,10H,3,12H2,1-2H3,(H,13,14). The van der Waals surface area contributed by atoms with E-state index >= 15 is 0 Å². The highest BCUT2D eigenvalue weighted by Crippen LogP contribution is 2.20. The quantitative estimate of drug-likeness (QED) is 0.355. The number of hydrazine groups is 1. The van der Waals surface area contributed by atoms with Crippen LogP contribution in [0.5, 0.6) is 5.75 Å². The van der Waals surface area contributed by atoms with Crippen LogP contribution in [0.2, 0.25) is 0 Å². The van der Waals surface area contributed by atoms with E-state index in [0.29, 0.717) is 12.2 Å². The molecule has 0 aromatic heterocycles. The number of nitrogens with one attached hydrogen (secondary N) is 1. The van der Waals surface area contributed by atoms with Crippen molar-refractivity contribution in [2.45, 2.75) is 24.3 Å². The van der Waals surface area contributed by atoms with Gasteiger partial charge in [0, 0.05) is 4.90 Å². The first kappa shape index (κ1) is 12.9. The molecule has 16 heavy (non-hydrogen) atoms. The predicted octanol–water partition coefficient (Wildman–Crippen LogP) is 1.56. The highest BCUT2D eigenvalue weighted by molar-refractivity contribution is 7.98. The maximum atomic E-state index is 11.3. The first-order valence-electron chi connectivity index (χ1n) is 5.02. The molecule has 5 heteroatoms. The van der Waals surface area contributed by atoms with Crippen LogP contribution in [0.3, 0.4) is 0 Å². The lowest BCUT2D eigenvalue weighted by Gasteiger charge is -2.15. The van der Waals surface area contributed by atoms with Crippen molar-refractivity contribution >= 4 is 17.7 Å². The molecule has 88 valence electrons. The van der Waals surface area contributed by atoms with Gasteiger partial charge in [-0.05, 0) is 36.9 Å². The number of amides is 1. The molecule has 0 aliphatic heterocycles. The highest BCUT2D eigenvalue weighted by Gasteiger charge is 2.16. The average molecular weight is 240 g/mol. The minimum Gasteiger partial charge on any atom is -0.481 e. The van der Waals surface area contributed by atoms with Crippen molar-refractivity contribution in [3.63, 3.8) is 0 Å². The zero-order valence-corrected chi connectivity index (χ0v) is 10.2. The predicted molar refractivity (Wildman–Crippen MR) is 65.3 cm³/mol.